The Morgan fingerprint density at radius 1 is 1.17 bits per heavy atom. The van der Waals surface area contributed by atoms with Crippen LogP contribution >= 0.6 is 11.8 Å². The SMILES string of the molecule is CCc1cc2oc(SC(CC(=O)O)C(=O)O)nc2c(CC)c1CC. The van der Waals surface area contributed by atoms with E-state index >= 15 is 0 Å². The molecule has 0 fully saturated rings. The molecule has 1 heterocycles. The lowest BCUT2D eigenvalue weighted by atomic mass is 9.94. The molecule has 0 aliphatic heterocycles. The maximum Gasteiger partial charge on any atom is 0.317 e. The van der Waals surface area contributed by atoms with Crippen LogP contribution in [-0.2, 0) is 28.9 Å². The maximum absolute atomic E-state index is 11.2. The van der Waals surface area contributed by atoms with Gasteiger partial charge in [-0.1, -0.05) is 32.5 Å². The third kappa shape index (κ3) is 3.72. The minimum absolute atomic E-state index is 0.198. The van der Waals surface area contributed by atoms with E-state index in [1.54, 1.807) is 0 Å². The highest BCUT2D eigenvalue weighted by atomic mass is 32.2. The molecule has 6 nitrogen and oxygen atoms in total. The molecular formula is C17H21NO5S. The summed E-state index contributed by atoms with van der Waals surface area (Å²) >= 11 is 0.839. The number of nitrogens with zero attached hydrogens (tertiary/aromatic N) is 1. The van der Waals surface area contributed by atoms with Crippen LogP contribution in [0.5, 0.6) is 0 Å². The zero-order valence-corrected chi connectivity index (χ0v) is 14.8. The Kier molecular flexibility index (Phi) is 5.88. The van der Waals surface area contributed by atoms with Gasteiger partial charge in [-0.05, 0) is 42.0 Å². The molecule has 0 bridgehead atoms. The van der Waals surface area contributed by atoms with Gasteiger partial charge in [-0.15, -0.1) is 0 Å². The number of rotatable bonds is 8. The lowest BCUT2D eigenvalue weighted by Gasteiger charge is -2.11. The summed E-state index contributed by atoms with van der Waals surface area (Å²) in [4.78, 5) is 26.5. The minimum Gasteiger partial charge on any atom is -0.481 e. The van der Waals surface area contributed by atoms with Crippen molar-refractivity contribution >= 4 is 34.8 Å². The number of aromatic nitrogens is 1. The summed E-state index contributed by atoms with van der Waals surface area (Å²) in [5.41, 5.74) is 4.96. The molecule has 2 N–H and O–H groups in total. The van der Waals surface area contributed by atoms with Crippen molar-refractivity contribution in [3.05, 3.63) is 22.8 Å². The van der Waals surface area contributed by atoms with Crippen LogP contribution < -0.4 is 0 Å². The minimum atomic E-state index is -1.19. The molecular weight excluding hydrogens is 330 g/mol. The summed E-state index contributed by atoms with van der Waals surface area (Å²) in [5.74, 6) is -2.36. The number of hydrogen-bond acceptors (Lipinski definition) is 5. The summed E-state index contributed by atoms with van der Waals surface area (Å²) in [6.07, 6.45) is 2.10. The summed E-state index contributed by atoms with van der Waals surface area (Å²) in [6.45, 7) is 6.24. The monoisotopic (exact) mass is 351 g/mol. The third-order valence-corrected chi connectivity index (χ3v) is 4.97. The molecule has 0 spiro atoms. The maximum atomic E-state index is 11.2. The van der Waals surface area contributed by atoms with Crippen LogP contribution in [0.25, 0.3) is 11.1 Å². The van der Waals surface area contributed by atoms with Crippen LogP contribution in [0.15, 0.2) is 15.7 Å². The molecule has 1 unspecified atom stereocenters. The first-order valence-corrected chi connectivity index (χ1v) is 8.84. The van der Waals surface area contributed by atoms with E-state index in [1.807, 2.05) is 6.07 Å². The molecule has 1 atom stereocenters. The number of oxazole rings is 1. The van der Waals surface area contributed by atoms with Gasteiger partial charge in [0, 0.05) is 0 Å². The van der Waals surface area contributed by atoms with Crippen molar-refractivity contribution in [3.8, 4) is 0 Å². The Hall–Kier alpha value is -2.02. The van der Waals surface area contributed by atoms with Crippen LogP contribution in [-0.4, -0.2) is 32.4 Å². The fourth-order valence-electron chi connectivity index (χ4n) is 2.85. The van der Waals surface area contributed by atoms with Crippen molar-refractivity contribution in [1.29, 1.82) is 0 Å². The number of carboxylic acids is 2. The molecule has 2 aromatic rings. The van der Waals surface area contributed by atoms with Crippen molar-refractivity contribution in [3.63, 3.8) is 0 Å². The van der Waals surface area contributed by atoms with Crippen molar-refractivity contribution < 1.29 is 24.2 Å². The third-order valence-electron chi connectivity index (χ3n) is 3.94. The highest BCUT2D eigenvalue weighted by molar-refractivity contribution is 8.00. The normalized spacial score (nSPS) is 12.5. The lowest BCUT2D eigenvalue weighted by Crippen LogP contribution is -2.20. The molecule has 0 aliphatic carbocycles. The second kappa shape index (κ2) is 7.70. The van der Waals surface area contributed by atoms with Crippen molar-refractivity contribution in [2.45, 2.75) is 56.9 Å². The molecule has 1 aromatic carbocycles. The van der Waals surface area contributed by atoms with E-state index in [4.69, 9.17) is 14.6 Å². The highest BCUT2D eigenvalue weighted by Crippen LogP contribution is 2.33. The predicted octanol–water partition coefficient (Wildman–Crippen LogP) is 3.54. The number of carboxylic acid groups (broad SMARTS) is 2. The zero-order chi connectivity index (χ0) is 17.9. The molecule has 0 saturated carbocycles. The lowest BCUT2D eigenvalue weighted by molar-refractivity contribution is -0.142. The number of aliphatic carboxylic acids is 2. The van der Waals surface area contributed by atoms with Crippen LogP contribution in [0, 0.1) is 0 Å². The summed E-state index contributed by atoms with van der Waals surface area (Å²) in [7, 11) is 0. The van der Waals surface area contributed by atoms with Crippen LogP contribution in [0.4, 0.5) is 0 Å². The Morgan fingerprint density at radius 3 is 2.33 bits per heavy atom. The van der Waals surface area contributed by atoms with Crippen molar-refractivity contribution in [2.24, 2.45) is 0 Å². The average Bonchev–Trinajstić information content (AvgIpc) is 2.93. The quantitative estimate of drug-likeness (QED) is 0.702. The average molecular weight is 351 g/mol. The largest absolute Gasteiger partial charge is 0.481 e. The molecule has 1 aromatic heterocycles. The van der Waals surface area contributed by atoms with Gasteiger partial charge in [0.2, 0.25) is 0 Å². The van der Waals surface area contributed by atoms with Gasteiger partial charge in [-0.3, -0.25) is 9.59 Å². The second-order valence-electron chi connectivity index (χ2n) is 5.42. The fourth-order valence-corrected chi connectivity index (χ4v) is 3.71. The molecule has 0 saturated heterocycles. The van der Waals surface area contributed by atoms with E-state index in [9.17, 15) is 9.59 Å². The van der Waals surface area contributed by atoms with Crippen LogP contribution in [0.3, 0.4) is 0 Å². The number of hydrogen-bond donors (Lipinski definition) is 2. The number of carbonyl (C=O) groups is 2. The van der Waals surface area contributed by atoms with E-state index in [0.29, 0.717) is 5.58 Å². The molecule has 7 heteroatoms. The Labute approximate surface area is 144 Å². The van der Waals surface area contributed by atoms with Gasteiger partial charge in [-0.25, -0.2) is 4.98 Å². The number of aryl methyl sites for hydroxylation is 2. The molecule has 0 aliphatic rings. The number of fused-ring (bicyclic) bond motifs is 1. The smallest absolute Gasteiger partial charge is 0.317 e. The summed E-state index contributed by atoms with van der Waals surface area (Å²) in [5, 5.41) is 17.1. The highest BCUT2D eigenvalue weighted by Gasteiger charge is 2.25. The number of benzene rings is 1. The van der Waals surface area contributed by atoms with Gasteiger partial charge in [-0.2, -0.15) is 0 Å². The molecule has 2 rings (SSSR count). The first kappa shape index (κ1) is 18.3. The van der Waals surface area contributed by atoms with Gasteiger partial charge in [0.15, 0.2) is 5.58 Å². The van der Waals surface area contributed by atoms with Gasteiger partial charge in [0.05, 0.1) is 6.42 Å². The topological polar surface area (TPSA) is 101 Å². The van der Waals surface area contributed by atoms with E-state index in [2.05, 4.69) is 25.8 Å². The van der Waals surface area contributed by atoms with E-state index < -0.39 is 23.6 Å². The van der Waals surface area contributed by atoms with E-state index in [1.165, 1.54) is 11.1 Å². The molecule has 24 heavy (non-hydrogen) atoms. The summed E-state index contributed by atoms with van der Waals surface area (Å²) < 4.78 is 5.71. The first-order valence-electron chi connectivity index (χ1n) is 7.96. The van der Waals surface area contributed by atoms with Crippen molar-refractivity contribution in [1.82, 2.24) is 4.98 Å². The van der Waals surface area contributed by atoms with Crippen LogP contribution in [0.2, 0.25) is 0 Å². The van der Waals surface area contributed by atoms with Crippen molar-refractivity contribution in [2.75, 3.05) is 0 Å². The Balaban J connectivity index is 2.47. The molecule has 0 amide bonds. The van der Waals surface area contributed by atoms with Crippen LogP contribution in [0.1, 0.15) is 43.9 Å². The van der Waals surface area contributed by atoms with Gasteiger partial charge in [0.25, 0.3) is 5.22 Å². The van der Waals surface area contributed by atoms with Gasteiger partial charge < -0.3 is 14.6 Å². The standard InChI is InChI=1S/C17H21NO5S/c1-4-9-7-12-15(11(6-3)10(9)5-2)18-17(23-12)24-13(16(21)22)8-14(19)20/h7,13H,4-6,8H2,1-3H3,(H,19,20)(H,21,22). The summed E-state index contributed by atoms with van der Waals surface area (Å²) in [6, 6.07) is 1.96. The predicted molar refractivity (Wildman–Crippen MR) is 91.7 cm³/mol. The van der Waals surface area contributed by atoms with E-state index in [-0.39, 0.29) is 5.22 Å². The molecule has 0 radical (unpaired) electrons. The fraction of sp³-hybridized carbons (Fsp3) is 0.471. The number of thioether (sulfide) groups is 1. The Bertz CT molecular complexity index is 768. The van der Waals surface area contributed by atoms with Gasteiger partial charge in [0.1, 0.15) is 10.8 Å². The van der Waals surface area contributed by atoms with E-state index in [0.717, 1.165) is 42.1 Å². The molecule has 130 valence electrons. The zero-order valence-electron chi connectivity index (χ0n) is 14.0. The first-order chi connectivity index (χ1) is 11.4. The second-order valence-corrected chi connectivity index (χ2v) is 6.58. The van der Waals surface area contributed by atoms with Gasteiger partial charge >= 0.3 is 11.9 Å². The Morgan fingerprint density at radius 2 is 1.83 bits per heavy atom.